The highest BCUT2D eigenvalue weighted by Crippen LogP contribution is 2.15. The third-order valence-corrected chi connectivity index (χ3v) is 2.73. The Morgan fingerprint density at radius 1 is 1.45 bits per heavy atom. The van der Waals surface area contributed by atoms with Crippen LogP contribution in [0.1, 0.15) is 21.8 Å². The number of nitrogens with zero attached hydrogens (tertiary/aromatic N) is 3. The summed E-state index contributed by atoms with van der Waals surface area (Å²) in [5.74, 6) is 0.352. The molecule has 20 heavy (non-hydrogen) atoms. The minimum absolute atomic E-state index is 0.110. The molecule has 0 spiro atoms. The van der Waals surface area contributed by atoms with Crippen molar-refractivity contribution in [3.05, 3.63) is 57.5 Å². The van der Waals surface area contributed by atoms with Gasteiger partial charge in [-0.2, -0.15) is 0 Å². The second-order valence-corrected chi connectivity index (χ2v) is 4.40. The van der Waals surface area contributed by atoms with E-state index in [-0.39, 0.29) is 23.7 Å². The molecule has 7 heteroatoms. The zero-order valence-corrected chi connectivity index (χ0v) is 11.1. The summed E-state index contributed by atoms with van der Waals surface area (Å²) < 4.78 is 4.92. The van der Waals surface area contributed by atoms with Gasteiger partial charge >= 0.3 is 0 Å². The maximum absolute atomic E-state index is 12.2. The Labute approximate surface area is 114 Å². The van der Waals surface area contributed by atoms with E-state index in [1.807, 2.05) is 0 Å². The topological polar surface area (TPSA) is 89.5 Å². The number of hydrogen-bond acceptors (Lipinski definition) is 5. The number of non-ortho nitro benzene ring substituents is 1. The van der Waals surface area contributed by atoms with Crippen LogP contribution in [0.4, 0.5) is 5.69 Å². The van der Waals surface area contributed by atoms with Crippen molar-refractivity contribution in [3.63, 3.8) is 0 Å². The molecule has 1 amide bonds. The molecule has 0 aliphatic heterocycles. The van der Waals surface area contributed by atoms with Crippen LogP contribution in [0, 0.1) is 17.0 Å². The van der Waals surface area contributed by atoms with E-state index in [1.165, 1.54) is 23.1 Å². The molecule has 1 aromatic carbocycles. The number of benzene rings is 1. The number of rotatable bonds is 4. The predicted octanol–water partition coefficient (Wildman–Crippen LogP) is 2.16. The number of nitro groups is 1. The highest BCUT2D eigenvalue weighted by molar-refractivity contribution is 5.94. The van der Waals surface area contributed by atoms with E-state index in [9.17, 15) is 14.9 Å². The zero-order chi connectivity index (χ0) is 14.7. The van der Waals surface area contributed by atoms with E-state index in [2.05, 4.69) is 5.16 Å². The fourth-order valence-electron chi connectivity index (χ4n) is 1.78. The standard InChI is InChI=1S/C13H13N3O4/c1-9-6-11(14-20-9)8-15(2)13(17)10-4-3-5-12(7-10)16(18)19/h3-7H,8H2,1-2H3. The van der Waals surface area contributed by atoms with E-state index >= 15 is 0 Å². The fourth-order valence-corrected chi connectivity index (χ4v) is 1.78. The van der Waals surface area contributed by atoms with Crippen LogP contribution in [0.15, 0.2) is 34.9 Å². The maximum Gasteiger partial charge on any atom is 0.270 e. The minimum atomic E-state index is -0.530. The third-order valence-electron chi connectivity index (χ3n) is 2.73. The summed E-state index contributed by atoms with van der Waals surface area (Å²) in [5.41, 5.74) is 0.784. The normalized spacial score (nSPS) is 10.3. The molecule has 2 aromatic rings. The molecule has 0 atom stereocenters. The minimum Gasteiger partial charge on any atom is -0.361 e. The average molecular weight is 275 g/mol. The van der Waals surface area contributed by atoms with Crippen LogP contribution < -0.4 is 0 Å². The highest BCUT2D eigenvalue weighted by atomic mass is 16.6. The lowest BCUT2D eigenvalue weighted by Crippen LogP contribution is -2.26. The molecule has 0 bridgehead atoms. The smallest absolute Gasteiger partial charge is 0.270 e. The Kier molecular flexibility index (Phi) is 3.79. The van der Waals surface area contributed by atoms with Gasteiger partial charge in [0.05, 0.1) is 11.5 Å². The van der Waals surface area contributed by atoms with Crippen molar-refractivity contribution in [2.24, 2.45) is 0 Å². The molecule has 1 heterocycles. The Morgan fingerprint density at radius 2 is 2.20 bits per heavy atom. The van der Waals surface area contributed by atoms with E-state index in [4.69, 9.17) is 4.52 Å². The molecule has 0 unspecified atom stereocenters. The maximum atomic E-state index is 12.2. The lowest BCUT2D eigenvalue weighted by atomic mass is 10.2. The predicted molar refractivity (Wildman–Crippen MR) is 70.1 cm³/mol. The molecular weight excluding hydrogens is 262 g/mol. The van der Waals surface area contributed by atoms with E-state index in [0.29, 0.717) is 11.5 Å². The van der Waals surface area contributed by atoms with Crippen molar-refractivity contribution in [1.82, 2.24) is 10.1 Å². The van der Waals surface area contributed by atoms with E-state index in [1.54, 1.807) is 26.1 Å². The molecule has 104 valence electrons. The van der Waals surface area contributed by atoms with Gasteiger partial charge in [0.2, 0.25) is 0 Å². The number of carbonyl (C=O) groups is 1. The number of aryl methyl sites for hydroxylation is 1. The molecule has 0 radical (unpaired) electrons. The van der Waals surface area contributed by atoms with Gasteiger partial charge in [0.25, 0.3) is 11.6 Å². The summed E-state index contributed by atoms with van der Waals surface area (Å²) in [6.07, 6.45) is 0. The van der Waals surface area contributed by atoms with Gasteiger partial charge in [0, 0.05) is 30.8 Å². The Balaban J connectivity index is 2.14. The lowest BCUT2D eigenvalue weighted by molar-refractivity contribution is -0.384. The number of nitro benzene ring substituents is 1. The molecular formula is C13H13N3O4. The van der Waals surface area contributed by atoms with Gasteiger partial charge in [-0.15, -0.1) is 0 Å². The summed E-state index contributed by atoms with van der Waals surface area (Å²) in [6, 6.07) is 7.36. The van der Waals surface area contributed by atoms with Gasteiger partial charge in [-0.3, -0.25) is 14.9 Å². The summed E-state index contributed by atoms with van der Waals surface area (Å²) in [7, 11) is 1.60. The quantitative estimate of drug-likeness (QED) is 0.630. The van der Waals surface area contributed by atoms with E-state index in [0.717, 1.165) is 0 Å². The van der Waals surface area contributed by atoms with Gasteiger partial charge in [0.1, 0.15) is 11.5 Å². The second-order valence-electron chi connectivity index (χ2n) is 4.40. The van der Waals surface area contributed by atoms with Crippen LogP contribution in [-0.4, -0.2) is 27.9 Å². The lowest BCUT2D eigenvalue weighted by Gasteiger charge is -2.15. The van der Waals surface area contributed by atoms with Crippen LogP contribution in [-0.2, 0) is 6.54 Å². The Bertz CT molecular complexity index is 651. The fraction of sp³-hybridized carbons (Fsp3) is 0.231. The van der Waals surface area contributed by atoms with Gasteiger partial charge in [-0.05, 0) is 13.0 Å². The first kappa shape index (κ1) is 13.7. The molecule has 2 rings (SSSR count). The molecule has 0 saturated carbocycles. The molecule has 0 saturated heterocycles. The van der Waals surface area contributed by atoms with E-state index < -0.39 is 4.92 Å². The van der Waals surface area contributed by atoms with Crippen molar-refractivity contribution in [3.8, 4) is 0 Å². The first-order valence-electron chi connectivity index (χ1n) is 5.89. The largest absolute Gasteiger partial charge is 0.361 e. The molecule has 7 nitrogen and oxygen atoms in total. The monoisotopic (exact) mass is 275 g/mol. The van der Waals surface area contributed by atoms with Crippen LogP contribution in [0.5, 0.6) is 0 Å². The molecule has 0 aliphatic rings. The second kappa shape index (κ2) is 5.52. The number of amides is 1. The Morgan fingerprint density at radius 3 is 2.80 bits per heavy atom. The van der Waals surface area contributed by atoms with Crippen LogP contribution in [0.3, 0.4) is 0 Å². The van der Waals surface area contributed by atoms with Crippen molar-refractivity contribution in [2.75, 3.05) is 7.05 Å². The molecule has 1 aromatic heterocycles. The Hall–Kier alpha value is -2.70. The summed E-state index contributed by atoms with van der Waals surface area (Å²) in [6.45, 7) is 2.04. The summed E-state index contributed by atoms with van der Waals surface area (Å²) in [4.78, 5) is 23.8. The molecule has 0 aliphatic carbocycles. The SMILES string of the molecule is Cc1cc(CN(C)C(=O)c2cccc([N+](=O)[O-])c2)no1. The van der Waals surface area contributed by atoms with Gasteiger partial charge in [-0.1, -0.05) is 11.2 Å². The van der Waals surface area contributed by atoms with Crippen molar-refractivity contribution < 1.29 is 14.2 Å². The third kappa shape index (κ3) is 3.00. The van der Waals surface area contributed by atoms with Crippen molar-refractivity contribution in [2.45, 2.75) is 13.5 Å². The summed E-state index contributed by atoms with van der Waals surface area (Å²) >= 11 is 0. The zero-order valence-electron chi connectivity index (χ0n) is 11.1. The number of hydrogen-bond donors (Lipinski definition) is 0. The van der Waals surface area contributed by atoms with Gasteiger partial charge in [0.15, 0.2) is 0 Å². The van der Waals surface area contributed by atoms with Crippen LogP contribution in [0.2, 0.25) is 0 Å². The van der Waals surface area contributed by atoms with Gasteiger partial charge < -0.3 is 9.42 Å². The average Bonchev–Trinajstić information content (AvgIpc) is 2.83. The van der Waals surface area contributed by atoms with Gasteiger partial charge in [-0.25, -0.2) is 0 Å². The molecule has 0 N–H and O–H groups in total. The van der Waals surface area contributed by atoms with Crippen molar-refractivity contribution in [1.29, 1.82) is 0 Å². The highest BCUT2D eigenvalue weighted by Gasteiger charge is 2.16. The summed E-state index contributed by atoms with van der Waals surface area (Å²) in [5, 5.41) is 14.5. The first-order chi connectivity index (χ1) is 9.47. The number of aromatic nitrogens is 1. The van der Waals surface area contributed by atoms with Crippen LogP contribution in [0.25, 0.3) is 0 Å². The number of carbonyl (C=O) groups excluding carboxylic acids is 1. The van der Waals surface area contributed by atoms with Crippen LogP contribution >= 0.6 is 0 Å². The molecule has 0 fully saturated rings. The first-order valence-corrected chi connectivity index (χ1v) is 5.89. The van der Waals surface area contributed by atoms with Crippen molar-refractivity contribution >= 4 is 11.6 Å².